The Hall–Kier alpha value is -6.00. The summed E-state index contributed by atoms with van der Waals surface area (Å²) in [7, 11) is 2.13. The van der Waals surface area contributed by atoms with E-state index < -0.39 is 0 Å². The number of hydrogen-bond donors (Lipinski definition) is 2. The lowest BCUT2D eigenvalue weighted by Crippen LogP contribution is -2.41. The zero-order chi connectivity index (χ0) is 46.6. The summed E-state index contributed by atoms with van der Waals surface area (Å²) in [5, 5.41) is 14.7. The van der Waals surface area contributed by atoms with Gasteiger partial charge in [0.25, 0.3) is 5.91 Å². The van der Waals surface area contributed by atoms with Gasteiger partial charge in [0.2, 0.25) is 5.13 Å². The first-order chi connectivity index (χ1) is 31.0. The van der Waals surface area contributed by atoms with E-state index in [2.05, 4.69) is 142 Å². The van der Waals surface area contributed by atoms with Crippen LogP contribution in [0.3, 0.4) is 0 Å². The Balaban J connectivity index is 0.967. The van der Waals surface area contributed by atoms with Crippen molar-refractivity contribution in [3.63, 3.8) is 0 Å². The van der Waals surface area contributed by atoms with Crippen LogP contribution >= 0.6 is 11.3 Å². The van der Waals surface area contributed by atoms with Crippen LogP contribution in [-0.4, -0.2) is 53.0 Å². The summed E-state index contributed by atoms with van der Waals surface area (Å²) >= 11 is 1.45. The highest BCUT2D eigenvalue weighted by molar-refractivity contribution is 7.21. The topological polar surface area (TPSA) is 92.2 Å². The molecule has 3 aromatic carbocycles. The molecule has 4 heterocycles. The molecule has 9 nitrogen and oxygen atoms in total. The number of fused-ring (bicyclic) bond motifs is 4. The van der Waals surface area contributed by atoms with Crippen molar-refractivity contribution in [3.05, 3.63) is 144 Å². The van der Waals surface area contributed by atoms with Crippen molar-refractivity contribution in [2.24, 2.45) is 16.1 Å². The number of benzene rings is 3. The van der Waals surface area contributed by atoms with Gasteiger partial charge in [0.05, 0.1) is 27.3 Å². The molecule has 0 saturated carbocycles. The molecule has 0 aliphatic carbocycles. The average Bonchev–Trinajstić information content (AvgIpc) is 4.09. The van der Waals surface area contributed by atoms with Crippen molar-refractivity contribution < 1.29 is 4.79 Å². The minimum atomic E-state index is -0.297. The van der Waals surface area contributed by atoms with Crippen LogP contribution in [0.5, 0.6) is 0 Å². The Labute approximate surface area is 391 Å². The number of allylic oxidation sites excluding steroid dienone is 5. The number of nitrogens with zero attached hydrogens (tertiary/aromatic N) is 6. The number of amides is 1. The molecule has 2 aliphatic rings. The molecule has 0 saturated heterocycles. The Bertz CT molecular complexity index is 2720. The van der Waals surface area contributed by atoms with Crippen LogP contribution in [0, 0.1) is 5.92 Å². The van der Waals surface area contributed by atoms with Crippen molar-refractivity contribution in [1.29, 1.82) is 0 Å². The van der Waals surface area contributed by atoms with E-state index in [1.54, 1.807) is 0 Å². The maximum atomic E-state index is 14.3. The molecule has 2 N–H and O–H groups in total. The normalized spacial score (nSPS) is 14.4. The summed E-state index contributed by atoms with van der Waals surface area (Å²) in [5.74, 6) is 0.200. The Morgan fingerprint density at radius 1 is 0.954 bits per heavy atom. The van der Waals surface area contributed by atoms with Gasteiger partial charge in [-0.3, -0.25) is 4.79 Å². The minimum absolute atomic E-state index is 0.0177. The lowest BCUT2D eigenvalue weighted by atomic mass is 9.90. The van der Waals surface area contributed by atoms with Gasteiger partial charge in [0, 0.05) is 71.5 Å². The minimum Gasteiger partial charge on any atom is -0.378 e. The van der Waals surface area contributed by atoms with Gasteiger partial charge in [0.15, 0.2) is 0 Å². The van der Waals surface area contributed by atoms with Crippen LogP contribution in [0.1, 0.15) is 115 Å². The third-order valence-electron chi connectivity index (χ3n) is 12.7. The van der Waals surface area contributed by atoms with Gasteiger partial charge in [-0.1, -0.05) is 62.1 Å². The van der Waals surface area contributed by atoms with Gasteiger partial charge in [-0.05, 0) is 169 Å². The van der Waals surface area contributed by atoms with Crippen LogP contribution in [-0.2, 0) is 6.42 Å². The molecule has 7 rings (SSSR count). The third kappa shape index (κ3) is 10.9. The summed E-state index contributed by atoms with van der Waals surface area (Å²) in [6.07, 6.45) is 10.1. The lowest BCUT2D eigenvalue weighted by Gasteiger charge is -2.34. The van der Waals surface area contributed by atoms with Gasteiger partial charge in [-0.15, -0.1) is 16.8 Å². The molecule has 0 bridgehead atoms. The molecule has 0 spiro atoms. The molecule has 65 heavy (non-hydrogen) atoms. The molecule has 0 fully saturated rings. The second kappa shape index (κ2) is 20.0. The first-order valence-electron chi connectivity index (χ1n) is 23.2. The van der Waals surface area contributed by atoms with Crippen molar-refractivity contribution in [2.75, 3.05) is 36.5 Å². The van der Waals surface area contributed by atoms with Gasteiger partial charge < -0.3 is 25.0 Å². The van der Waals surface area contributed by atoms with Crippen LogP contribution in [0.15, 0.2) is 137 Å². The lowest BCUT2D eigenvalue weighted by molar-refractivity contribution is 0.0807. The van der Waals surface area contributed by atoms with Crippen molar-refractivity contribution >= 4 is 66.1 Å². The zero-order valence-corrected chi connectivity index (χ0v) is 40.9. The first-order valence-corrected chi connectivity index (χ1v) is 24.0. The Morgan fingerprint density at radius 2 is 1.71 bits per heavy atom. The van der Waals surface area contributed by atoms with Crippen LogP contribution in [0.25, 0.3) is 26.7 Å². The molecule has 5 aromatic rings. The van der Waals surface area contributed by atoms with Crippen molar-refractivity contribution in [2.45, 2.75) is 105 Å². The highest BCUT2D eigenvalue weighted by atomic mass is 32.1. The van der Waals surface area contributed by atoms with Crippen LogP contribution in [0.4, 0.5) is 22.2 Å². The van der Waals surface area contributed by atoms with Crippen molar-refractivity contribution in [1.82, 2.24) is 20.2 Å². The summed E-state index contributed by atoms with van der Waals surface area (Å²) < 4.78 is 0.912. The van der Waals surface area contributed by atoms with E-state index in [4.69, 9.17) is 4.98 Å². The van der Waals surface area contributed by atoms with E-state index in [1.165, 1.54) is 44.7 Å². The quantitative estimate of drug-likeness (QED) is 0.0351. The van der Waals surface area contributed by atoms with Gasteiger partial charge in [0.1, 0.15) is 0 Å². The first kappa shape index (κ1) is 47.0. The molecule has 2 aromatic heterocycles. The predicted molar refractivity (Wildman–Crippen MR) is 277 cm³/mol. The molecular weight excluding hydrogens is 821 g/mol. The summed E-state index contributed by atoms with van der Waals surface area (Å²) in [4.78, 5) is 29.2. The second-order valence-corrected chi connectivity index (χ2v) is 20.1. The van der Waals surface area contributed by atoms with Gasteiger partial charge in [-0.25, -0.2) is 4.98 Å². The van der Waals surface area contributed by atoms with Crippen LogP contribution < -0.4 is 15.1 Å². The van der Waals surface area contributed by atoms with E-state index >= 15 is 0 Å². The summed E-state index contributed by atoms with van der Waals surface area (Å²) in [6.45, 7) is 34.6. The smallest absolute Gasteiger partial charge is 0.258 e. The average molecular weight is 889 g/mol. The molecule has 0 radical (unpaired) electrons. The molecular formula is C55H68N8OS. The maximum Gasteiger partial charge on any atom is 0.258 e. The second-order valence-electron chi connectivity index (χ2n) is 19.1. The molecule has 0 unspecified atom stereocenters. The molecule has 1 amide bonds. The van der Waals surface area contributed by atoms with Gasteiger partial charge >= 0.3 is 0 Å². The molecule has 2 aliphatic heterocycles. The standard InChI is InChI=1S/C55H68N8OS/c1-13-46(39(9)62-31-28-44-45-33-49(36(4)5)56-47(45)25-26-50(44)62)58-55(10,11)34-41-27-30-63(52(41)37(6)7)53(64)40-19-24-48-51(32-40)65-54(57-48)60-59-42-20-22-43(23-21-42)61(12)29-15-14-16-38(8)18-17-35(2)3/h13,19-26,32-33,37,56,58H,2,4,8-9,14-18,27-31,34H2,1,3,5-7,10-12H3/b46-13-,60-59+. The van der Waals surface area contributed by atoms with E-state index in [0.29, 0.717) is 17.2 Å². The number of carbonyl (C=O) groups is 1. The summed E-state index contributed by atoms with van der Waals surface area (Å²) in [5.41, 5.74) is 15.8. The highest BCUT2D eigenvalue weighted by Crippen LogP contribution is 2.40. The SMILES string of the molecule is C=C(C)CCC(=C)CCCCN(C)c1ccc(/N=N/c2nc3ccc(C(=O)N4CCC(CC(C)(C)N/C(=C\C)C(=C)N5CCc6c5ccc5[nH]c(C(=C)C)cc65)=C4C(C)C)cc3s2)cc1. The highest BCUT2D eigenvalue weighted by Gasteiger charge is 2.34. The largest absolute Gasteiger partial charge is 0.378 e. The van der Waals surface area contributed by atoms with E-state index in [1.807, 2.05) is 42.2 Å². The number of rotatable bonds is 20. The number of aromatic amines is 1. The van der Waals surface area contributed by atoms with E-state index in [-0.39, 0.29) is 17.4 Å². The number of unbranched alkanes of at least 4 members (excludes halogenated alkanes) is 1. The van der Waals surface area contributed by atoms with Crippen LogP contribution in [0.2, 0.25) is 0 Å². The molecule has 340 valence electrons. The van der Waals surface area contributed by atoms with E-state index in [0.717, 1.165) is 120 Å². The molecule has 10 heteroatoms. The number of H-pyrrole nitrogens is 1. The van der Waals surface area contributed by atoms with Gasteiger partial charge in [-0.2, -0.15) is 0 Å². The fourth-order valence-electron chi connectivity index (χ4n) is 9.30. The Kier molecular flexibility index (Phi) is 14.5. The number of anilines is 2. The van der Waals surface area contributed by atoms with Crippen molar-refractivity contribution in [3.8, 4) is 0 Å². The maximum absolute atomic E-state index is 14.3. The number of thiazole rings is 1. The predicted octanol–water partition coefficient (Wildman–Crippen LogP) is 14.7. The zero-order valence-electron chi connectivity index (χ0n) is 40.0. The third-order valence-corrected chi connectivity index (χ3v) is 13.6. The Morgan fingerprint density at radius 3 is 2.42 bits per heavy atom. The fourth-order valence-corrected chi connectivity index (χ4v) is 10.1. The number of aromatic nitrogens is 2. The van der Waals surface area contributed by atoms with E-state index in [9.17, 15) is 4.79 Å². The molecule has 0 atom stereocenters. The summed E-state index contributed by atoms with van der Waals surface area (Å²) in [6, 6.07) is 20.5. The monoisotopic (exact) mass is 889 g/mol. The number of carbonyl (C=O) groups excluding carboxylic acids is 1. The fraction of sp³-hybridized carbons (Fsp3) is 0.382. The number of azo groups is 1. The number of hydrogen-bond acceptors (Lipinski definition) is 8. The number of nitrogens with one attached hydrogen (secondary N) is 2.